The molecule has 0 aliphatic rings. The van der Waals surface area contributed by atoms with Crippen LogP contribution in [0.3, 0.4) is 0 Å². The van der Waals surface area contributed by atoms with Crippen LogP contribution in [0.2, 0.25) is 0 Å². The Balaban J connectivity index is 2.78. The van der Waals surface area contributed by atoms with E-state index >= 15 is 0 Å². The topological polar surface area (TPSA) is 75.4 Å². The van der Waals surface area contributed by atoms with Crippen LogP contribution in [0, 0.1) is 0 Å². The second-order valence-corrected chi connectivity index (χ2v) is 5.19. The lowest BCUT2D eigenvalue weighted by molar-refractivity contribution is 0.363. The van der Waals surface area contributed by atoms with E-state index in [9.17, 15) is 8.42 Å². The van der Waals surface area contributed by atoms with Gasteiger partial charge in [-0.25, -0.2) is 13.4 Å². The minimum Gasteiger partial charge on any atom is -0.399 e. The minimum absolute atomic E-state index is 0.0732. The molecule has 0 aliphatic carbocycles. The predicted octanol–water partition coefficient (Wildman–Crippen LogP) is 0.165. The van der Waals surface area contributed by atoms with Crippen LogP contribution in [0.15, 0.2) is 24.3 Å². The Labute approximate surface area is 89.9 Å². The lowest BCUT2D eigenvalue weighted by atomic mass is 10.2. The zero-order chi connectivity index (χ0) is 11.5. The molecule has 1 aromatic rings. The Bertz CT molecular complexity index is 429. The maximum Gasteiger partial charge on any atom is 0.228 e. The molecule has 0 fully saturated rings. The standard InChI is InChI=1S/C9H15N3O2S/c1-12(2)11-15(13,14)7-8-4-3-5-9(10)6-8/h3-6,11H,7,10H2,1-2H3. The van der Waals surface area contributed by atoms with Crippen molar-refractivity contribution in [2.75, 3.05) is 19.8 Å². The molecule has 0 bridgehead atoms. The van der Waals surface area contributed by atoms with Gasteiger partial charge in [0, 0.05) is 19.8 Å². The van der Waals surface area contributed by atoms with Crippen molar-refractivity contribution in [2.24, 2.45) is 0 Å². The molecular weight excluding hydrogens is 214 g/mol. The second-order valence-electron chi connectivity index (χ2n) is 3.49. The van der Waals surface area contributed by atoms with Crippen molar-refractivity contribution in [1.82, 2.24) is 9.84 Å². The van der Waals surface area contributed by atoms with Gasteiger partial charge in [0.1, 0.15) is 0 Å². The lowest BCUT2D eigenvalue weighted by Gasteiger charge is -2.12. The highest BCUT2D eigenvalue weighted by Crippen LogP contribution is 2.09. The van der Waals surface area contributed by atoms with Crippen LogP contribution >= 0.6 is 0 Å². The first kappa shape index (κ1) is 12.0. The highest BCUT2D eigenvalue weighted by Gasteiger charge is 2.11. The molecule has 0 unspecified atom stereocenters. The Kier molecular flexibility index (Phi) is 3.67. The maximum absolute atomic E-state index is 11.5. The Morgan fingerprint density at radius 3 is 2.60 bits per heavy atom. The van der Waals surface area contributed by atoms with Crippen LogP contribution in [0.5, 0.6) is 0 Å². The van der Waals surface area contributed by atoms with Crippen molar-refractivity contribution in [1.29, 1.82) is 0 Å². The van der Waals surface area contributed by atoms with Gasteiger partial charge in [0.2, 0.25) is 10.0 Å². The number of rotatable bonds is 4. The van der Waals surface area contributed by atoms with Gasteiger partial charge in [-0.2, -0.15) is 0 Å². The van der Waals surface area contributed by atoms with Gasteiger partial charge in [0.15, 0.2) is 0 Å². The average molecular weight is 229 g/mol. The summed E-state index contributed by atoms with van der Waals surface area (Å²) in [5, 5.41) is 1.39. The summed E-state index contributed by atoms with van der Waals surface area (Å²) >= 11 is 0. The number of nitrogens with two attached hydrogens (primary N) is 1. The molecule has 0 radical (unpaired) electrons. The molecule has 0 atom stereocenters. The molecule has 0 saturated carbocycles. The van der Waals surface area contributed by atoms with E-state index in [2.05, 4.69) is 4.83 Å². The number of hydrogen-bond acceptors (Lipinski definition) is 4. The van der Waals surface area contributed by atoms with E-state index in [1.54, 1.807) is 38.4 Å². The number of nitrogens with zero attached hydrogens (tertiary/aromatic N) is 1. The van der Waals surface area contributed by atoms with Gasteiger partial charge >= 0.3 is 0 Å². The van der Waals surface area contributed by atoms with E-state index in [0.717, 1.165) is 0 Å². The fraction of sp³-hybridized carbons (Fsp3) is 0.333. The fourth-order valence-corrected chi connectivity index (χ4v) is 2.45. The molecule has 0 amide bonds. The predicted molar refractivity (Wildman–Crippen MR) is 60.3 cm³/mol. The molecule has 1 aromatic carbocycles. The average Bonchev–Trinajstić information content (AvgIpc) is 1.99. The van der Waals surface area contributed by atoms with Gasteiger partial charge in [-0.15, -0.1) is 4.83 Å². The number of hydrogen-bond donors (Lipinski definition) is 2. The fourth-order valence-electron chi connectivity index (χ4n) is 1.21. The summed E-state index contributed by atoms with van der Waals surface area (Å²) in [6.45, 7) is 0. The number of anilines is 1. The molecule has 0 saturated heterocycles. The van der Waals surface area contributed by atoms with E-state index in [4.69, 9.17) is 5.73 Å². The Morgan fingerprint density at radius 2 is 2.07 bits per heavy atom. The zero-order valence-corrected chi connectivity index (χ0v) is 9.58. The number of benzene rings is 1. The molecule has 0 aromatic heterocycles. The van der Waals surface area contributed by atoms with E-state index < -0.39 is 10.0 Å². The van der Waals surface area contributed by atoms with Crippen LogP contribution in [0.25, 0.3) is 0 Å². The van der Waals surface area contributed by atoms with Gasteiger partial charge in [-0.3, -0.25) is 0 Å². The van der Waals surface area contributed by atoms with Crippen molar-refractivity contribution in [2.45, 2.75) is 5.75 Å². The van der Waals surface area contributed by atoms with E-state index in [-0.39, 0.29) is 5.75 Å². The first-order chi connectivity index (χ1) is 6.89. The molecule has 6 heteroatoms. The molecule has 0 spiro atoms. The molecule has 5 nitrogen and oxygen atoms in total. The summed E-state index contributed by atoms with van der Waals surface area (Å²) in [4.78, 5) is 2.35. The summed E-state index contributed by atoms with van der Waals surface area (Å²) in [6, 6.07) is 6.82. The van der Waals surface area contributed by atoms with Crippen LogP contribution < -0.4 is 10.6 Å². The molecule has 0 heterocycles. The Morgan fingerprint density at radius 1 is 1.40 bits per heavy atom. The van der Waals surface area contributed by atoms with Gasteiger partial charge in [-0.05, 0) is 17.7 Å². The van der Waals surface area contributed by atoms with Crippen molar-refractivity contribution in [3.63, 3.8) is 0 Å². The number of hydrazine groups is 1. The third-order valence-electron chi connectivity index (χ3n) is 1.63. The zero-order valence-electron chi connectivity index (χ0n) is 8.77. The van der Waals surface area contributed by atoms with Gasteiger partial charge in [0.05, 0.1) is 5.75 Å². The van der Waals surface area contributed by atoms with Crippen molar-refractivity contribution in [3.05, 3.63) is 29.8 Å². The quantitative estimate of drug-likeness (QED) is 0.570. The van der Waals surface area contributed by atoms with Gasteiger partial charge in [-0.1, -0.05) is 12.1 Å². The smallest absolute Gasteiger partial charge is 0.228 e. The van der Waals surface area contributed by atoms with E-state index in [1.165, 1.54) is 5.01 Å². The highest BCUT2D eigenvalue weighted by molar-refractivity contribution is 7.88. The van der Waals surface area contributed by atoms with E-state index in [1.807, 2.05) is 0 Å². The largest absolute Gasteiger partial charge is 0.399 e. The minimum atomic E-state index is -3.33. The normalized spacial score (nSPS) is 11.9. The first-order valence-corrected chi connectivity index (χ1v) is 6.06. The first-order valence-electron chi connectivity index (χ1n) is 4.41. The molecule has 15 heavy (non-hydrogen) atoms. The molecule has 0 aliphatic heterocycles. The van der Waals surface area contributed by atoms with E-state index in [0.29, 0.717) is 11.3 Å². The SMILES string of the molecule is CN(C)NS(=O)(=O)Cc1cccc(N)c1. The van der Waals surface area contributed by atoms with Crippen molar-refractivity contribution >= 4 is 15.7 Å². The van der Waals surface area contributed by atoms with Crippen LogP contribution in [-0.2, 0) is 15.8 Å². The summed E-state index contributed by atoms with van der Waals surface area (Å²) < 4.78 is 23.1. The molecule has 3 N–H and O–H groups in total. The maximum atomic E-state index is 11.5. The lowest BCUT2D eigenvalue weighted by Crippen LogP contribution is -2.36. The van der Waals surface area contributed by atoms with Crippen molar-refractivity contribution in [3.8, 4) is 0 Å². The van der Waals surface area contributed by atoms with Gasteiger partial charge in [0.25, 0.3) is 0 Å². The summed E-state index contributed by atoms with van der Waals surface area (Å²) in [5.74, 6) is -0.0732. The third-order valence-corrected chi connectivity index (χ3v) is 2.99. The number of sulfonamides is 1. The Hall–Kier alpha value is -1.11. The summed E-state index contributed by atoms with van der Waals surface area (Å²) in [7, 11) is -0.0864. The van der Waals surface area contributed by atoms with Crippen LogP contribution in [-0.4, -0.2) is 27.5 Å². The van der Waals surface area contributed by atoms with Gasteiger partial charge < -0.3 is 5.73 Å². The molecule has 1 rings (SSSR count). The number of nitrogens with one attached hydrogen (secondary N) is 1. The van der Waals surface area contributed by atoms with Crippen molar-refractivity contribution < 1.29 is 8.42 Å². The summed E-state index contributed by atoms with van der Waals surface area (Å²) in [5.41, 5.74) is 6.79. The second kappa shape index (κ2) is 4.61. The van der Waals surface area contributed by atoms with Crippen LogP contribution in [0.4, 0.5) is 5.69 Å². The third kappa shape index (κ3) is 4.28. The molecule has 84 valence electrons. The summed E-state index contributed by atoms with van der Waals surface area (Å²) in [6.07, 6.45) is 0. The van der Waals surface area contributed by atoms with Crippen LogP contribution in [0.1, 0.15) is 5.56 Å². The highest BCUT2D eigenvalue weighted by atomic mass is 32.2. The monoisotopic (exact) mass is 229 g/mol. The number of nitrogen functional groups attached to an aromatic ring is 1. The molecular formula is C9H15N3O2S.